The summed E-state index contributed by atoms with van der Waals surface area (Å²) >= 11 is 0. The maximum atomic E-state index is 13.7. The van der Waals surface area contributed by atoms with E-state index in [2.05, 4.69) is 34.9 Å². The predicted molar refractivity (Wildman–Crippen MR) is 155 cm³/mol. The van der Waals surface area contributed by atoms with Crippen LogP contribution in [0.5, 0.6) is 0 Å². The Morgan fingerprint density at radius 2 is 1.40 bits per heavy atom. The fourth-order valence-electron chi connectivity index (χ4n) is 8.65. The zero-order valence-corrected chi connectivity index (χ0v) is 23.6. The van der Waals surface area contributed by atoms with Gasteiger partial charge in [-0.1, -0.05) is 79.9 Å². The summed E-state index contributed by atoms with van der Waals surface area (Å²) in [5.41, 5.74) is 3.53. The number of benzene rings is 2. The lowest BCUT2D eigenvalue weighted by Crippen LogP contribution is -2.51. The Kier molecular flexibility index (Phi) is 7.26. The van der Waals surface area contributed by atoms with Crippen molar-refractivity contribution < 1.29 is 14.3 Å². The van der Waals surface area contributed by atoms with Crippen molar-refractivity contribution in [3.8, 4) is 0 Å². The molecule has 4 bridgehead atoms. The number of rotatable bonds is 9. The molecule has 0 aliphatic heterocycles. The van der Waals surface area contributed by atoms with E-state index in [0.29, 0.717) is 24.8 Å². The number of carbonyl (C=O) groups excluding carboxylic acids is 1. The number of carbonyl (C=O) groups is 1. The van der Waals surface area contributed by atoms with Crippen LogP contribution in [0.2, 0.25) is 0 Å². The predicted octanol–water partition coefficient (Wildman–Crippen LogP) is 7.82. The third-order valence-corrected chi connectivity index (χ3v) is 10.2. The smallest absolute Gasteiger partial charge is 0.359 e. The molecule has 40 heavy (non-hydrogen) atoms. The number of hydrogen-bond donors (Lipinski definition) is 0. The van der Waals surface area contributed by atoms with Crippen molar-refractivity contribution in [1.82, 2.24) is 9.55 Å². The average molecular weight is 539 g/mol. The summed E-state index contributed by atoms with van der Waals surface area (Å²) in [5, 5.41) is 0. The number of nitrogens with zero attached hydrogens (tertiary/aromatic N) is 2. The highest BCUT2D eigenvalue weighted by molar-refractivity contribution is 5.88. The standard InChI is InChI=1S/C35H42N2O3/c38-34(39-23-26-12-6-2-7-13-26)32-31(24-40-35-19-27-16-28(20-35)18-29(17-27)21-35)37(22-25-10-4-1-5-11-25)33(36-32)30-14-8-3-9-15-30/h1-2,4-7,10-13,27-30H,3,8-9,14-24H2. The molecule has 0 atom stereocenters. The van der Waals surface area contributed by atoms with Crippen LogP contribution in [0.25, 0.3) is 0 Å². The molecule has 3 aromatic rings. The number of imidazole rings is 1. The summed E-state index contributed by atoms with van der Waals surface area (Å²) in [6.45, 7) is 1.37. The van der Waals surface area contributed by atoms with Gasteiger partial charge in [0, 0.05) is 12.5 Å². The summed E-state index contributed by atoms with van der Waals surface area (Å²) in [4.78, 5) is 18.8. The SMILES string of the molecule is O=C(OCc1ccccc1)c1nc(C2CCCCC2)n(Cc2ccccc2)c1COC12CC3CC(CC(C3)C1)C2. The van der Waals surface area contributed by atoms with Crippen molar-refractivity contribution in [2.45, 2.75) is 102 Å². The van der Waals surface area contributed by atoms with Gasteiger partial charge in [-0.05, 0) is 80.2 Å². The summed E-state index contributed by atoms with van der Waals surface area (Å²) < 4.78 is 15.2. The number of aromatic nitrogens is 2. The van der Waals surface area contributed by atoms with Gasteiger partial charge in [-0.15, -0.1) is 0 Å². The van der Waals surface area contributed by atoms with E-state index in [1.807, 2.05) is 30.3 Å². The van der Waals surface area contributed by atoms with Crippen LogP contribution in [0.1, 0.15) is 110 Å². The molecule has 0 saturated heterocycles. The molecule has 0 spiro atoms. The second kappa shape index (κ2) is 11.2. The van der Waals surface area contributed by atoms with Gasteiger partial charge in [-0.3, -0.25) is 0 Å². The van der Waals surface area contributed by atoms with Crippen molar-refractivity contribution in [2.24, 2.45) is 17.8 Å². The van der Waals surface area contributed by atoms with E-state index in [1.165, 1.54) is 63.4 Å². The van der Waals surface area contributed by atoms with Gasteiger partial charge in [-0.25, -0.2) is 9.78 Å². The quantitative estimate of drug-likeness (QED) is 0.261. The normalized spacial score (nSPS) is 27.6. The molecule has 2 aromatic carbocycles. The topological polar surface area (TPSA) is 53.3 Å². The molecule has 5 saturated carbocycles. The van der Waals surface area contributed by atoms with Crippen molar-refractivity contribution in [3.63, 3.8) is 0 Å². The Morgan fingerprint density at radius 1 is 0.800 bits per heavy atom. The fraction of sp³-hybridized carbons (Fsp3) is 0.543. The second-order valence-electron chi connectivity index (χ2n) is 13.1. The summed E-state index contributed by atoms with van der Waals surface area (Å²) in [5.74, 6) is 3.51. The first-order valence-electron chi connectivity index (χ1n) is 15.6. The largest absolute Gasteiger partial charge is 0.456 e. The van der Waals surface area contributed by atoms with Crippen LogP contribution in [0, 0.1) is 17.8 Å². The van der Waals surface area contributed by atoms with Crippen LogP contribution in [0.4, 0.5) is 0 Å². The lowest BCUT2D eigenvalue weighted by molar-refractivity contribution is -0.169. The highest BCUT2D eigenvalue weighted by Gasteiger charge is 2.52. The maximum Gasteiger partial charge on any atom is 0.359 e. The van der Waals surface area contributed by atoms with E-state index < -0.39 is 0 Å². The number of esters is 1. The average Bonchev–Trinajstić information content (AvgIpc) is 3.34. The molecule has 1 aromatic heterocycles. The lowest BCUT2D eigenvalue weighted by atomic mass is 9.54. The summed E-state index contributed by atoms with van der Waals surface area (Å²) in [6, 6.07) is 20.5. The van der Waals surface area contributed by atoms with Gasteiger partial charge in [0.1, 0.15) is 12.4 Å². The van der Waals surface area contributed by atoms with Gasteiger partial charge >= 0.3 is 5.97 Å². The van der Waals surface area contributed by atoms with Crippen molar-refractivity contribution in [3.05, 3.63) is 89.0 Å². The van der Waals surface area contributed by atoms with E-state index in [9.17, 15) is 4.79 Å². The van der Waals surface area contributed by atoms with Gasteiger partial charge in [0.2, 0.25) is 0 Å². The van der Waals surface area contributed by atoms with E-state index in [1.54, 1.807) is 0 Å². The molecule has 5 nitrogen and oxygen atoms in total. The van der Waals surface area contributed by atoms with E-state index in [4.69, 9.17) is 14.5 Å². The molecule has 0 unspecified atom stereocenters. The Morgan fingerprint density at radius 3 is 2.02 bits per heavy atom. The zero-order chi connectivity index (χ0) is 26.9. The van der Waals surface area contributed by atoms with Gasteiger partial charge < -0.3 is 14.0 Å². The van der Waals surface area contributed by atoms with Crippen LogP contribution in [0.15, 0.2) is 60.7 Å². The summed E-state index contributed by atoms with van der Waals surface area (Å²) in [6.07, 6.45) is 13.7. The Bertz CT molecular complexity index is 1270. The lowest BCUT2D eigenvalue weighted by Gasteiger charge is -2.56. The minimum absolute atomic E-state index is 0.0349. The van der Waals surface area contributed by atoms with Crippen LogP contribution in [-0.4, -0.2) is 21.1 Å². The molecular weight excluding hydrogens is 496 g/mol. The van der Waals surface area contributed by atoms with Gasteiger partial charge in [-0.2, -0.15) is 0 Å². The Hall–Kier alpha value is -2.92. The summed E-state index contributed by atoms with van der Waals surface area (Å²) in [7, 11) is 0. The Labute approximate surface area is 238 Å². The van der Waals surface area contributed by atoms with E-state index in [-0.39, 0.29) is 18.2 Å². The first-order valence-corrected chi connectivity index (χ1v) is 15.6. The first kappa shape index (κ1) is 26.0. The van der Waals surface area contributed by atoms with Crippen LogP contribution >= 0.6 is 0 Å². The third-order valence-electron chi connectivity index (χ3n) is 10.2. The van der Waals surface area contributed by atoms with Crippen LogP contribution in [0.3, 0.4) is 0 Å². The highest BCUT2D eigenvalue weighted by atomic mass is 16.5. The minimum atomic E-state index is -0.336. The number of hydrogen-bond acceptors (Lipinski definition) is 4. The van der Waals surface area contributed by atoms with Crippen LogP contribution < -0.4 is 0 Å². The first-order chi connectivity index (χ1) is 19.6. The van der Waals surface area contributed by atoms with Gasteiger partial charge in [0.05, 0.1) is 17.9 Å². The maximum absolute atomic E-state index is 13.7. The molecule has 0 N–H and O–H groups in total. The molecule has 5 fully saturated rings. The molecule has 1 heterocycles. The van der Waals surface area contributed by atoms with E-state index >= 15 is 0 Å². The van der Waals surface area contributed by atoms with Crippen molar-refractivity contribution in [2.75, 3.05) is 0 Å². The molecule has 5 heteroatoms. The molecule has 5 aliphatic rings. The Balaban J connectivity index is 1.23. The van der Waals surface area contributed by atoms with Crippen molar-refractivity contribution >= 4 is 5.97 Å². The van der Waals surface area contributed by atoms with E-state index in [0.717, 1.165) is 47.7 Å². The van der Waals surface area contributed by atoms with Gasteiger partial charge in [0.15, 0.2) is 5.69 Å². The number of ether oxygens (including phenoxy) is 2. The van der Waals surface area contributed by atoms with Crippen molar-refractivity contribution in [1.29, 1.82) is 0 Å². The molecule has 8 rings (SSSR count). The third kappa shape index (κ3) is 5.37. The molecule has 0 amide bonds. The zero-order valence-electron chi connectivity index (χ0n) is 23.6. The minimum Gasteiger partial charge on any atom is -0.456 e. The monoisotopic (exact) mass is 538 g/mol. The highest BCUT2D eigenvalue weighted by Crippen LogP contribution is 2.57. The molecule has 5 aliphatic carbocycles. The fourth-order valence-corrected chi connectivity index (χ4v) is 8.65. The molecular formula is C35H42N2O3. The molecule has 210 valence electrons. The molecule has 0 radical (unpaired) electrons. The van der Waals surface area contributed by atoms with Gasteiger partial charge in [0.25, 0.3) is 0 Å². The second-order valence-corrected chi connectivity index (χ2v) is 13.1. The van der Waals surface area contributed by atoms with Crippen LogP contribution in [-0.2, 0) is 29.2 Å².